The lowest BCUT2D eigenvalue weighted by Crippen LogP contribution is -2.69. The van der Waals surface area contributed by atoms with Crippen molar-refractivity contribution in [3.63, 3.8) is 0 Å². The summed E-state index contributed by atoms with van der Waals surface area (Å²) >= 11 is 0. The maximum absolute atomic E-state index is 11.6. The standard InChI is InChI=1S/C14H26N2O3/c1-4-19-11-7-14(18,13(11,2)3)9-16-12(17)15-8-10-5-6-10/h10-11,18H,4-9H2,1-3H3,(H2,15,16,17). The fraction of sp³-hybridized carbons (Fsp3) is 0.929. The summed E-state index contributed by atoms with van der Waals surface area (Å²) < 4.78 is 5.59. The second-order valence-corrected chi connectivity index (χ2v) is 6.41. The molecule has 2 saturated carbocycles. The summed E-state index contributed by atoms with van der Waals surface area (Å²) in [6, 6.07) is -0.184. The van der Waals surface area contributed by atoms with Crippen LogP contribution in [0.4, 0.5) is 4.79 Å². The Morgan fingerprint density at radius 3 is 2.58 bits per heavy atom. The van der Waals surface area contributed by atoms with Crippen LogP contribution in [0.1, 0.15) is 40.0 Å². The van der Waals surface area contributed by atoms with Crippen LogP contribution in [0.25, 0.3) is 0 Å². The van der Waals surface area contributed by atoms with Crippen LogP contribution in [0, 0.1) is 11.3 Å². The van der Waals surface area contributed by atoms with Crippen LogP contribution >= 0.6 is 0 Å². The number of rotatable bonds is 6. The van der Waals surface area contributed by atoms with Gasteiger partial charge in [0.25, 0.3) is 0 Å². The lowest BCUT2D eigenvalue weighted by atomic mass is 9.56. The zero-order valence-electron chi connectivity index (χ0n) is 12.2. The van der Waals surface area contributed by atoms with Gasteiger partial charge >= 0.3 is 6.03 Å². The Labute approximate surface area is 115 Å². The molecule has 3 N–H and O–H groups in total. The Morgan fingerprint density at radius 2 is 2.05 bits per heavy atom. The van der Waals surface area contributed by atoms with Crippen LogP contribution in [0.2, 0.25) is 0 Å². The summed E-state index contributed by atoms with van der Waals surface area (Å²) in [4.78, 5) is 11.6. The van der Waals surface area contributed by atoms with Crippen molar-refractivity contribution in [2.75, 3.05) is 19.7 Å². The Hall–Kier alpha value is -0.810. The minimum atomic E-state index is -0.871. The highest BCUT2D eigenvalue weighted by atomic mass is 16.5. The van der Waals surface area contributed by atoms with E-state index in [-0.39, 0.29) is 24.1 Å². The maximum atomic E-state index is 11.6. The Bertz CT molecular complexity index is 342. The van der Waals surface area contributed by atoms with Crippen molar-refractivity contribution in [2.24, 2.45) is 11.3 Å². The average molecular weight is 270 g/mol. The Morgan fingerprint density at radius 1 is 1.37 bits per heavy atom. The van der Waals surface area contributed by atoms with E-state index in [1.165, 1.54) is 12.8 Å². The number of urea groups is 1. The van der Waals surface area contributed by atoms with Crippen LogP contribution in [0.3, 0.4) is 0 Å². The molecule has 2 fully saturated rings. The van der Waals surface area contributed by atoms with E-state index in [0.29, 0.717) is 18.9 Å². The minimum absolute atomic E-state index is 0.0684. The molecule has 0 radical (unpaired) electrons. The second kappa shape index (κ2) is 5.29. The van der Waals surface area contributed by atoms with E-state index in [4.69, 9.17) is 4.74 Å². The smallest absolute Gasteiger partial charge is 0.314 e. The van der Waals surface area contributed by atoms with Gasteiger partial charge in [0.1, 0.15) is 0 Å². The fourth-order valence-electron chi connectivity index (χ4n) is 2.61. The Kier molecular flexibility index (Phi) is 4.06. The zero-order chi connectivity index (χ0) is 14.1. The number of carbonyl (C=O) groups is 1. The number of hydrogen-bond donors (Lipinski definition) is 3. The molecule has 5 nitrogen and oxygen atoms in total. The normalized spacial score (nSPS) is 32.5. The molecule has 0 saturated heterocycles. The van der Waals surface area contributed by atoms with E-state index in [0.717, 1.165) is 6.54 Å². The summed E-state index contributed by atoms with van der Waals surface area (Å²) in [5.41, 5.74) is -1.20. The van der Waals surface area contributed by atoms with Gasteiger partial charge in [-0.3, -0.25) is 0 Å². The van der Waals surface area contributed by atoms with Crippen LogP contribution in [0.5, 0.6) is 0 Å². The minimum Gasteiger partial charge on any atom is -0.387 e. The van der Waals surface area contributed by atoms with E-state index >= 15 is 0 Å². The molecule has 0 aromatic rings. The number of aliphatic hydroxyl groups is 1. The molecule has 2 amide bonds. The van der Waals surface area contributed by atoms with E-state index < -0.39 is 5.60 Å². The van der Waals surface area contributed by atoms with Gasteiger partial charge in [0, 0.05) is 31.5 Å². The van der Waals surface area contributed by atoms with Crippen LogP contribution in [-0.2, 0) is 4.74 Å². The van der Waals surface area contributed by atoms with Gasteiger partial charge in [-0.2, -0.15) is 0 Å². The molecule has 2 rings (SSSR count). The van der Waals surface area contributed by atoms with Crippen molar-refractivity contribution in [3.8, 4) is 0 Å². The molecule has 2 unspecified atom stereocenters. The highest BCUT2D eigenvalue weighted by Crippen LogP contribution is 2.50. The first-order valence-electron chi connectivity index (χ1n) is 7.25. The summed E-state index contributed by atoms with van der Waals surface area (Å²) in [6.07, 6.45) is 3.08. The topological polar surface area (TPSA) is 70.6 Å². The first-order valence-corrected chi connectivity index (χ1v) is 7.25. The summed E-state index contributed by atoms with van der Waals surface area (Å²) in [5, 5.41) is 16.2. The molecule has 0 aromatic carbocycles. The van der Waals surface area contributed by atoms with Crippen LogP contribution < -0.4 is 10.6 Å². The number of amides is 2. The van der Waals surface area contributed by atoms with E-state index in [1.54, 1.807) is 0 Å². The largest absolute Gasteiger partial charge is 0.387 e. The quantitative estimate of drug-likeness (QED) is 0.680. The van der Waals surface area contributed by atoms with Crippen LogP contribution in [0.15, 0.2) is 0 Å². The Balaban J connectivity index is 1.73. The van der Waals surface area contributed by atoms with Gasteiger partial charge in [0.2, 0.25) is 0 Å². The number of carbonyl (C=O) groups excluding carboxylic acids is 1. The SMILES string of the molecule is CCOC1CC(O)(CNC(=O)NCC2CC2)C1(C)C. The molecular formula is C14H26N2O3. The zero-order valence-corrected chi connectivity index (χ0v) is 12.2. The lowest BCUT2D eigenvalue weighted by molar-refractivity contribution is -0.237. The highest BCUT2D eigenvalue weighted by molar-refractivity contribution is 5.74. The first-order chi connectivity index (χ1) is 8.89. The maximum Gasteiger partial charge on any atom is 0.314 e. The summed E-state index contributed by atoms with van der Waals surface area (Å²) in [5.74, 6) is 0.663. The second-order valence-electron chi connectivity index (χ2n) is 6.41. The third-order valence-corrected chi connectivity index (χ3v) is 4.68. The summed E-state index contributed by atoms with van der Waals surface area (Å²) in [6.45, 7) is 7.60. The highest BCUT2D eigenvalue weighted by Gasteiger charge is 2.59. The number of ether oxygens (including phenoxy) is 1. The molecule has 2 aliphatic rings. The molecule has 2 aliphatic carbocycles. The van der Waals surface area contributed by atoms with E-state index in [2.05, 4.69) is 10.6 Å². The third kappa shape index (κ3) is 3.03. The number of hydrogen-bond acceptors (Lipinski definition) is 3. The van der Waals surface area contributed by atoms with Crippen molar-refractivity contribution in [3.05, 3.63) is 0 Å². The molecule has 0 aliphatic heterocycles. The first kappa shape index (κ1) is 14.6. The van der Waals surface area contributed by atoms with Gasteiger partial charge in [-0.25, -0.2) is 4.79 Å². The molecule has 5 heteroatoms. The molecule has 110 valence electrons. The summed E-state index contributed by atoms with van der Waals surface area (Å²) in [7, 11) is 0. The molecule has 0 bridgehead atoms. The molecule has 19 heavy (non-hydrogen) atoms. The molecule has 0 heterocycles. The predicted molar refractivity (Wildman–Crippen MR) is 72.9 cm³/mol. The number of nitrogens with one attached hydrogen (secondary N) is 2. The van der Waals surface area contributed by atoms with Gasteiger partial charge in [-0.05, 0) is 25.7 Å². The van der Waals surface area contributed by atoms with Gasteiger partial charge in [0.05, 0.1) is 11.7 Å². The van der Waals surface area contributed by atoms with Crippen molar-refractivity contribution >= 4 is 6.03 Å². The van der Waals surface area contributed by atoms with Gasteiger partial charge in [-0.1, -0.05) is 13.8 Å². The monoisotopic (exact) mass is 270 g/mol. The lowest BCUT2D eigenvalue weighted by Gasteiger charge is -2.57. The average Bonchev–Trinajstić information content (AvgIpc) is 3.17. The molecule has 2 atom stereocenters. The van der Waals surface area contributed by atoms with Crippen molar-refractivity contribution in [2.45, 2.75) is 51.7 Å². The third-order valence-electron chi connectivity index (χ3n) is 4.68. The van der Waals surface area contributed by atoms with Crippen LogP contribution in [-0.4, -0.2) is 42.5 Å². The van der Waals surface area contributed by atoms with Gasteiger partial charge in [0.15, 0.2) is 0 Å². The van der Waals surface area contributed by atoms with Crippen molar-refractivity contribution in [1.82, 2.24) is 10.6 Å². The molecule has 0 aromatic heterocycles. The van der Waals surface area contributed by atoms with E-state index in [1.807, 2.05) is 20.8 Å². The van der Waals surface area contributed by atoms with Crippen molar-refractivity contribution in [1.29, 1.82) is 0 Å². The van der Waals surface area contributed by atoms with Crippen molar-refractivity contribution < 1.29 is 14.6 Å². The molecular weight excluding hydrogens is 244 g/mol. The fourth-order valence-corrected chi connectivity index (χ4v) is 2.61. The molecule has 0 spiro atoms. The van der Waals surface area contributed by atoms with Gasteiger partial charge < -0.3 is 20.5 Å². The predicted octanol–water partition coefficient (Wildman–Crippen LogP) is 1.26. The van der Waals surface area contributed by atoms with E-state index in [9.17, 15) is 9.90 Å². The van der Waals surface area contributed by atoms with Gasteiger partial charge in [-0.15, -0.1) is 0 Å².